The molecular formula is C11H17N3. The fourth-order valence-electron chi connectivity index (χ4n) is 1.90. The number of aromatic nitrogens is 1. The Bertz CT molecular complexity index is 273. The zero-order chi connectivity index (χ0) is 9.80. The molecule has 1 N–H and O–H groups in total. The predicted molar refractivity (Wildman–Crippen MR) is 57.0 cm³/mol. The molecule has 2 heterocycles. The van der Waals surface area contributed by atoms with Gasteiger partial charge in [0.15, 0.2) is 0 Å². The molecule has 1 aromatic rings. The van der Waals surface area contributed by atoms with E-state index in [2.05, 4.69) is 34.3 Å². The molecule has 1 aromatic heterocycles. The van der Waals surface area contributed by atoms with E-state index in [1.165, 1.54) is 5.56 Å². The van der Waals surface area contributed by atoms with Crippen LogP contribution in [0.1, 0.15) is 12.5 Å². The van der Waals surface area contributed by atoms with E-state index in [0.717, 1.165) is 26.2 Å². The fraction of sp³-hybridized carbons (Fsp3) is 0.545. The Labute approximate surface area is 85.1 Å². The van der Waals surface area contributed by atoms with E-state index in [1.807, 2.05) is 12.4 Å². The highest BCUT2D eigenvalue weighted by Crippen LogP contribution is 2.05. The Hall–Kier alpha value is -0.930. The third kappa shape index (κ3) is 2.53. The number of pyridine rings is 1. The molecule has 1 atom stereocenters. The molecule has 0 radical (unpaired) electrons. The maximum absolute atomic E-state index is 4.02. The lowest BCUT2D eigenvalue weighted by Gasteiger charge is -2.31. The van der Waals surface area contributed by atoms with Gasteiger partial charge in [0.25, 0.3) is 0 Å². The Morgan fingerprint density at radius 3 is 3.00 bits per heavy atom. The second-order valence-corrected chi connectivity index (χ2v) is 3.95. The van der Waals surface area contributed by atoms with Crippen LogP contribution < -0.4 is 5.32 Å². The largest absolute Gasteiger partial charge is 0.312 e. The molecule has 0 spiro atoms. The van der Waals surface area contributed by atoms with Crippen molar-refractivity contribution in [2.45, 2.75) is 19.5 Å². The van der Waals surface area contributed by atoms with Crippen LogP contribution in [0.3, 0.4) is 0 Å². The molecule has 0 unspecified atom stereocenters. The van der Waals surface area contributed by atoms with Crippen molar-refractivity contribution in [2.75, 3.05) is 19.6 Å². The first-order chi connectivity index (χ1) is 6.84. The first kappa shape index (κ1) is 9.62. The van der Waals surface area contributed by atoms with Crippen LogP contribution in [-0.2, 0) is 6.54 Å². The van der Waals surface area contributed by atoms with Gasteiger partial charge in [0.1, 0.15) is 0 Å². The summed E-state index contributed by atoms with van der Waals surface area (Å²) >= 11 is 0. The SMILES string of the molecule is C[C@H]1CN(Cc2ccncc2)CCN1. The quantitative estimate of drug-likeness (QED) is 0.752. The summed E-state index contributed by atoms with van der Waals surface area (Å²) in [6.45, 7) is 6.68. The summed E-state index contributed by atoms with van der Waals surface area (Å²) in [7, 11) is 0. The minimum absolute atomic E-state index is 0.616. The van der Waals surface area contributed by atoms with Crippen molar-refractivity contribution in [2.24, 2.45) is 0 Å². The van der Waals surface area contributed by atoms with Crippen LogP contribution in [0.4, 0.5) is 0 Å². The van der Waals surface area contributed by atoms with Gasteiger partial charge in [0.2, 0.25) is 0 Å². The van der Waals surface area contributed by atoms with Crippen molar-refractivity contribution in [3.05, 3.63) is 30.1 Å². The highest BCUT2D eigenvalue weighted by atomic mass is 15.2. The molecule has 1 fully saturated rings. The van der Waals surface area contributed by atoms with E-state index in [1.54, 1.807) is 0 Å². The van der Waals surface area contributed by atoms with Crippen LogP contribution in [-0.4, -0.2) is 35.6 Å². The van der Waals surface area contributed by atoms with Gasteiger partial charge in [0, 0.05) is 44.6 Å². The summed E-state index contributed by atoms with van der Waals surface area (Å²) < 4.78 is 0. The Balaban J connectivity index is 1.91. The minimum atomic E-state index is 0.616. The van der Waals surface area contributed by atoms with Crippen molar-refractivity contribution in [1.82, 2.24) is 15.2 Å². The van der Waals surface area contributed by atoms with Gasteiger partial charge in [-0.3, -0.25) is 9.88 Å². The monoisotopic (exact) mass is 191 g/mol. The van der Waals surface area contributed by atoms with Gasteiger partial charge in [0.05, 0.1) is 0 Å². The van der Waals surface area contributed by atoms with Gasteiger partial charge in [-0.25, -0.2) is 0 Å². The van der Waals surface area contributed by atoms with Crippen LogP contribution >= 0.6 is 0 Å². The minimum Gasteiger partial charge on any atom is -0.312 e. The highest BCUT2D eigenvalue weighted by Gasteiger charge is 2.14. The van der Waals surface area contributed by atoms with Crippen molar-refractivity contribution >= 4 is 0 Å². The Morgan fingerprint density at radius 2 is 2.29 bits per heavy atom. The van der Waals surface area contributed by atoms with Crippen molar-refractivity contribution in [3.63, 3.8) is 0 Å². The lowest BCUT2D eigenvalue weighted by atomic mass is 10.2. The fourth-order valence-corrected chi connectivity index (χ4v) is 1.90. The number of hydrogen-bond acceptors (Lipinski definition) is 3. The van der Waals surface area contributed by atoms with Crippen molar-refractivity contribution in [1.29, 1.82) is 0 Å². The summed E-state index contributed by atoms with van der Waals surface area (Å²) in [6.07, 6.45) is 3.72. The molecule has 0 amide bonds. The van der Waals surface area contributed by atoms with E-state index < -0.39 is 0 Å². The molecule has 0 saturated carbocycles. The first-order valence-corrected chi connectivity index (χ1v) is 5.19. The van der Waals surface area contributed by atoms with Gasteiger partial charge in [-0.15, -0.1) is 0 Å². The van der Waals surface area contributed by atoms with E-state index >= 15 is 0 Å². The molecule has 0 aliphatic carbocycles. The summed E-state index contributed by atoms with van der Waals surface area (Å²) in [5, 5.41) is 3.44. The third-order valence-corrected chi connectivity index (χ3v) is 2.61. The standard InChI is InChI=1S/C11H17N3/c1-10-8-14(7-6-13-10)9-11-2-4-12-5-3-11/h2-5,10,13H,6-9H2,1H3/t10-/m0/s1. The Kier molecular flexibility index (Phi) is 3.11. The molecule has 3 nitrogen and oxygen atoms in total. The van der Waals surface area contributed by atoms with E-state index in [0.29, 0.717) is 6.04 Å². The third-order valence-electron chi connectivity index (χ3n) is 2.61. The molecule has 2 rings (SSSR count). The summed E-state index contributed by atoms with van der Waals surface area (Å²) in [5.74, 6) is 0. The molecule has 14 heavy (non-hydrogen) atoms. The van der Waals surface area contributed by atoms with Gasteiger partial charge >= 0.3 is 0 Å². The van der Waals surface area contributed by atoms with Crippen LogP contribution in [0.15, 0.2) is 24.5 Å². The van der Waals surface area contributed by atoms with Crippen LogP contribution in [0.5, 0.6) is 0 Å². The average Bonchev–Trinajstić information content (AvgIpc) is 2.19. The average molecular weight is 191 g/mol. The van der Waals surface area contributed by atoms with Gasteiger partial charge < -0.3 is 5.32 Å². The van der Waals surface area contributed by atoms with Gasteiger partial charge in [-0.2, -0.15) is 0 Å². The smallest absolute Gasteiger partial charge is 0.0271 e. The molecule has 76 valence electrons. The topological polar surface area (TPSA) is 28.2 Å². The number of nitrogens with one attached hydrogen (secondary N) is 1. The van der Waals surface area contributed by atoms with Crippen molar-refractivity contribution in [3.8, 4) is 0 Å². The summed E-state index contributed by atoms with van der Waals surface area (Å²) in [6, 6.07) is 4.80. The lowest BCUT2D eigenvalue weighted by Crippen LogP contribution is -2.48. The van der Waals surface area contributed by atoms with E-state index in [-0.39, 0.29) is 0 Å². The van der Waals surface area contributed by atoms with Crippen molar-refractivity contribution < 1.29 is 0 Å². The second kappa shape index (κ2) is 4.53. The highest BCUT2D eigenvalue weighted by molar-refractivity contribution is 5.09. The zero-order valence-corrected chi connectivity index (χ0v) is 8.61. The summed E-state index contributed by atoms with van der Waals surface area (Å²) in [4.78, 5) is 6.51. The zero-order valence-electron chi connectivity index (χ0n) is 8.61. The van der Waals surface area contributed by atoms with Crippen LogP contribution in [0, 0.1) is 0 Å². The van der Waals surface area contributed by atoms with Crippen LogP contribution in [0.25, 0.3) is 0 Å². The lowest BCUT2D eigenvalue weighted by molar-refractivity contribution is 0.199. The maximum Gasteiger partial charge on any atom is 0.0271 e. The molecule has 3 heteroatoms. The number of nitrogens with zero attached hydrogens (tertiary/aromatic N) is 2. The molecule has 1 saturated heterocycles. The van der Waals surface area contributed by atoms with Crippen LogP contribution in [0.2, 0.25) is 0 Å². The summed E-state index contributed by atoms with van der Waals surface area (Å²) in [5.41, 5.74) is 1.36. The number of hydrogen-bond donors (Lipinski definition) is 1. The molecule has 1 aliphatic heterocycles. The molecule has 0 aromatic carbocycles. The van der Waals surface area contributed by atoms with Gasteiger partial charge in [-0.05, 0) is 24.6 Å². The predicted octanol–water partition coefficient (Wildman–Crippen LogP) is 0.875. The number of rotatable bonds is 2. The normalized spacial score (nSPS) is 23.6. The second-order valence-electron chi connectivity index (χ2n) is 3.95. The van der Waals surface area contributed by atoms with E-state index in [4.69, 9.17) is 0 Å². The molecular weight excluding hydrogens is 174 g/mol. The molecule has 1 aliphatic rings. The van der Waals surface area contributed by atoms with Gasteiger partial charge in [-0.1, -0.05) is 0 Å². The number of piperazine rings is 1. The van der Waals surface area contributed by atoms with E-state index in [9.17, 15) is 0 Å². The first-order valence-electron chi connectivity index (χ1n) is 5.19. The molecule has 0 bridgehead atoms. The maximum atomic E-state index is 4.02. The Morgan fingerprint density at radius 1 is 1.50 bits per heavy atom.